The van der Waals surface area contributed by atoms with E-state index in [1.807, 2.05) is 18.3 Å². The van der Waals surface area contributed by atoms with Gasteiger partial charge in [0.25, 0.3) is 5.91 Å². The highest BCUT2D eigenvalue weighted by molar-refractivity contribution is 5.95. The fourth-order valence-corrected chi connectivity index (χ4v) is 3.65. The molecule has 6 nitrogen and oxygen atoms in total. The summed E-state index contributed by atoms with van der Waals surface area (Å²) < 4.78 is 1.68. The van der Waals surface area contributed by atoms with E-state index in [1.165, 1.54) is 0 Å². The second kappa shape index (κ2) is 5.45. The topological polar surface area (TPSA) is 54.3 Å². The Balaban J connectivity index is 1.57. The van der Waals surface area contributed by atoms with Gasteiger partial charge in [-0.05, 0) is 44.5 Å². The predicted octanol–water partition coefficient (Wildman–Crippen LogP) is 1.58. The molecule has 2 aromatic rings. The minimum atomic E-state index is 0.0821. The Bertz CT molecular complexity index is 704. The standard InChI is InChI=1S/C17H21N5O/c1-20-10-4-17(5-11-20)6-12-21(17)16(23)14-3-8-18-15(13-14)22-9-2-7-19-22/h2-3,7-9,13H,4-6,10-12H2,1H3. The second-order valence-corrected chi connectivity index (χ2v) is 6.59. The third kappa shape index (κ3) is 2.43. The summed E-state index contributed by atoms with van der Waals surface area (Å²) in [6, 6.07) is 5.48. The maximum Gasteiger partial charge on any atom is 0.254 e. The number of pyridine rings is 1. The lowest BCUT2D eigenvalue weighted by atomic mass is 9.76. The summed E-state index contributed by atoms with van der Waals surface area (Å²) in [5.41, 5.74) is 0.780. The molecule has 0 unspecified atom stereocenters. The first-order chi connectivity index (χ1) is 11.2. The summed E-state index contributed by atoms with van der Waals surface area (Å²) in [7, 11) is 2.15. The van der Waals surface area contributed by atoms with E-state index in [1.54, 1.807) is 23.1 Å². The Hall–Kier alpha value is -2.21. The van der Waals surface area contributed by atoms with Gasteiger partial charge in [-0.15, -0.1) is 0 Å². The van der Waals surface area contributed by atoms with Crippen molar-refractivity contribution in [2.24, 2.45) is 0 Å². The predicted molar refractivity (Wildman–Crippen MR) is 86.5 cm³/mol. The Morgan fingerprint density at radius 1 is 1.17 bits per heavy atom. The molecule has 0 bridgehead atoms. The number of nitrogens with zero attached hydrogens (tertiary/aromatic N) is 5. The molecule has 0 aromatic carbocycles. The van der Waals surface area contributed by atoms with Crippen LogP contribution in [0, 0.1) is 0 Å². The molecular weight excluding hydrogens is 290 g/mol. The highest BCUT2D eigenvalue weighted by Gasteiger charge is 2.48. The maximum atomic E-state index is 13.0. The van der Waals surface area contributed by atoms with Gasteiger partial charge in [-0.1, -0.05) is 0 Å². The van der Waals surface area contributed by atoms with Gasteiger partial charge < -0.3 is 9.80 Å². The number of piperidine rings is 1. The summed E-state index contributed by atoms with van der Waals surface area (Å²) in [6.45, 7) is 3.00. The molecule has 6 heteroatoms. The van der Waals surface area contributed by atoms with E-state index in [0.29, 0.717) is 11.4 Å². The van der Waals surface area contributed by atoms with Crippen LogP contribution >= 0.6 is 0 Å². The Kier molecular flexibility index (Phi) is 3.41. The van der Waals surface area contributed by atoms with E-state index in [4.69, 9.17) is 0 Å². The average Bonchev–Trinajstić information content (AvgIpc) is 3.09. The molecule has 0 saturated carbocycles. The van der Waals surface area contributed by atoms with E-state index >= 15 is 0 Å². The van der Waals surface area contributed by atoms with Gasteiger partial charge in [0.05, 0.1) is 0 Å². The van der Waals surface area contributed by atoms with Crippen LogP contribution in [0.4, 0.5) is 0 Å². The summed E-state index contributed by atoms with van der Waals surface area (Å²) >= 11 is 0. The highest BCUT2D eigenvalue weighted by atomic mass is 16.2. The first kappa shape index (κ1) is 14.4. The van der Waals surface area contributed by atoms with Gasteiger partial charge in [-0.25, -0.2) is 9.67 Å². The minimum Gasteiger partial charge on any atom is -0.333 e. The first-order valence-corrected chi connectivity index (χ1v) is 8.15. The number of aromatic nitrogens is 3. The molecule has 4 rings (SSSR count). The Morgan fingerprint density at radius 3 is 2.61 bits per heavy atom. The molecule has 2 saturated heterocycles. The third-order valence-corrected chi connectivity index (χ3v) is 5.27. The van der Waals surface area contributed by atoms with Crippen LogP contribution in [0.15, 0.2) is 36.8 Å². The summed E-state index contributed by atoms with van der Waals surface area (Å²) in [5, 5.41) is 4.18. The molecule has 0 atom stereocenters. The summed E-state index contributed by atoms with van der Waals surface area (Å²) in [5.74, 6) is 0.801. The van der Waals surface area contributed by atoms with Crippen LogP contribution in [0.25, 0.3) is 5.82 Å². The molecular formula is C17H21N5O. The van der Waals surface area contributed by atoms with Crippen molar-refractivity contribution in [3.05, 3.63) is 42.4 Å². The molecule has 1 spiro atoms. The van der Waals surface area contributed by atoms with Crippen LogP contribution in [0.2, 0.25) is 0 Å². The van der Waals surface area contributed by atoms with Crippen LogP contribution < -0.4 is 0 Å². The van der Waals surface area contributed by atoms with Crippen LogP contribution in [-0.2, 0) is 0 Å². The molecule has 0 radical (unpaired) electrons. The Morgan fingerprint density at radius 2 is 1.96 bits per heavy atom. The molecule has 2 aliphatic rings. The number of likely N-dealkylation sites (tertiary alicyclic amines) is 2. The molecule has 23 heavy (non-hydrogen) atoms. The van der Waals surface area contributed by atoms with Crippen molar-refractivity contribution >= 4 is 5.91 Å². The zero-order chi connectivity index (χ0) is 15.9. The van der Waals surface area contributed by atoms with Gasteiger partial charge in [0.2, 0.25) is 0 Å². The SMILES string of the molecule is CN1CCC2(CC1)CCN2C(=O)c1ccnc(-n2cccn2)c1. The molecule has 2 aliphatic heterocycles. The van der Waals surface area contributed by atoms with Crippen molar-refractivity contribution in [1.29, 1.82) is 0 Å². The fourth-order valence-electron chi connectivity index (χ4n) is 3.65. The second-order valence-electron chi connectivity index (χ2n) is 6.59. The number of carbonyl (C=O) groups excluding carboxylic acids is 1. The summed E-state index contributed by atoms with van der Waals surface area (Å²) in [4.78, 5) is 21.7. The first-order valence-electron chi connectivity index (χ1n) is 8.15. The number of hydrogen-bond donors (Lipinski definition) is 0. The van der Waals surface area contributed by atoms with Gasteiger partial charge in [0.15, 0.2) is 5.82 Å². The number of amides is 1. The van der Waals surface area contributed by atoms with Crippen molar-refractivity contribution < 1.29 is 4.79 Å². The molecule has 0 aliphatic carbocycles. The van der Waals surface area contributed by atoms with Crippen LogP contribution in [-0.4, -0.2) is 62.7 Å². The average molecular weight is 311 g/mol. The lowest BCUT2D eigenvalue weighted by Crippen LogP contribution is -2.65. The lowest BCUT2D eigenvalue weighted by Gasteiger charge is -2.56. The molecule has 2 aromatic heterocycles. The van der Waals surface area contributed by atoms with Gasteiger partial charge in [0, 0.05) is 49.3 Å². The molecule has 120 valence electrons. The highest BCUT2D eigenvalue weighted by Crippen LogP contribution is 2.40. The number of carbonyl (C=O) groups is 1. The van der Waals surface area contributed by atoms with Gasteiger partial charge in [-0.2, -0.15) is 5.10 Å². The third-order valence-electron chi connectivity index (χ3n) is 5.27. The van der Waals surface area contributed by atoms with E-state index in [-0.39, 0.29) is 11.4 Å². The van der Waals surface area contributed by atoms with Crippen molar-refractivity contribution in [3.63, 3.8) is 0 Å². The molecule has 2 fully saturated rings. The quantitative estimate of drug-likeness (QED) is 0.845. The van der Waals surface area contributed by atoms with Gasteiger partial charge in [-0.3, -0.25) is 4.79 Å². The van der Waals surface area contributed by atoms with Gasteiger partial charge in [0.1, 0.15) is 0 Å². The fraction of sp³-hybridized carbons (Fsp3) is 0.471. The van der Waals surface area contributed by atoms with E-state index in [9.17, 15) is 4.79 Å². The van der Waals surface area contributed by atoms with Crippen molar-refractivity contribution in [2.75, 3.05) is 26.7 Å². The van der Waals surface area contributed by atoms with Crippen molar-refractivity contribution in [1.82, 2.24) is 24.6 Å². The van der Waals surface area contributed by atoms with Crippen LogP contribution in [0.3, 0.4) is 0 Å². The molecule has 0 N–H and O–H groups in total. The maximum absolute atomic E-state index is 13.0. The molecule has 4 heterocycles. The number of hydrogen-bond acceptors (Lipinski definition) is 4. The lowest BCUT2D eigenvalue weighted by molar-refractivity contribution is -0.0350. The van der Waals surface area contributed by atoms with Crippen LogP contribution in [0.5, 0.6) is 0 Å². The van der Waals surface area contributed by atoms with E-state index in [0.717, 1.165) is 38.9 Å². The normalized spacial score (nSPS) is 20.5. The molecule has 1 amide bonds. The zero-order valence-electron chi connectivity index (χ0n) is 13.4. The van der Waals surface area contributed by atoms with E-state index in [2.05, 4.69) is 26.9 Å². The largest absolute Gasteiger partial charge is 0.333 e. The smallest absolute Gasteiger partial charge is 0.254 e. The minimum absolute atomic E-state index is 0.0821. The van der Waals surface area contributed by atoms with Gasteiger partial charge >= 0.3 is 0 Å². The summed E-state index contributed by atoms with van der Waals surface area (Å²) in [6.07, 6.45) is 8.51. The Labute approximate surface area is 135 Å². The van der Waals surface area contributed by atoms with E-state index < -0.39 is 0 Å². The monoisotopic (exact) mass is 311 g/mol. The van der Waals surface area contributed by atoms with Crippen molar-refractivity contribution in [3.8, 4) is 5.82 Å². The number of rotatable bonds is 2. The zero-order valence-corrected chi connectivity index (χ0v) is 13.4. The van der Waals surface area contributed by atoms with Crippen molar-refractivity contribution in [2.45, 2.75) is 24.8 Å². The van der Waals surface area contributed by atoms with Crippen LogP contribution in [0.1, 0.15) is 29.6 Å².